The Labute approximate surface area is 108 Å². The van der Waals surface area contributed by atoms with Gasteiger partial charge >= 0.3 is 0 Å². The van der Waals surface area contributed by atoms with Crippen molar-refractivity contribution in [2.75, 3.05) is 25.6 Å². The molecule has 0 aliphatic heterocycles. The lowest BCUT2D eigenvalue weighted by atomic mass is 10.0. The van der Waals surface area contributed by atoms with Gasteiger partial charge in [-0.15, -0.1) is 0 Å². The SMILES string of the molecule is CN(C)c1ccc(C(CCCCO)N=[N+]=[N-])cc1. The monoisotopic (exact) mass is 248 g/mol. The largest absolute Gasteiger partial charge is 0.396 e. The molecule has 0 bridgehead atoms. The molecule has 0 aliphatic carbocycles. The van der Waals surface area contributed by atoms with Crippen LogP contribution >= 0.6 is 0 Å². The number of benzene rings is 1. The fourth-order valence-electron chi connectivity index (χ4n) is 1.80. The van der Waals surface area contributed by atoms with E-state index in [-0.39, 0.29) is 12.6 Å². The minimum atomic E-state index is -0.141. The number of aliphatic hydroxyl groups excluding tert-OH is 1. The first-order valence-corrected chi connectivity index (χ1v) is 6.11. The fraction of sp³-hybridized carbons (Fsp3) is 0.538. The molecule has 0 radical (unpaired) electrons. The lowest BCUT2D eigenvalue weighted by molar-refractivity contribution is 0.281. The number of rotatable bonds is 7. The molecule has 1 rings (SSSR count). The first kappa shape index (κ1) is 14.4. The molecule has 0 aromatic heterocycles. The van der Waals surface area contributed by atoms with Crippen LogP contribution in [0.1, 0.15) is 30.9 Å². The van der Waals surface area contributed by atoms with Crippen LogP contribution in [0.25, 0.3) is 10.4 Å². The summed E-state index contributed by atoms with van der Waals surface area (Å²) in [4.78, 5) is 4.93. The molecule has 1 aromatic carbocycles. The molecule has 0 heterocycles. The van der Waals surface area contributed by atoms with Crippen LogP contribution < -0.4 is 4.90 Å². The van der Waals surface area contributed by atoms with Gasteiger partial charge in [0.25, 0.3) is 0 Å². The van der Waals surface area contributed by atoms with E-state index in [0.29, 0.717) is 0 Å². The highest BCUT2D eigenvalue weighted by Crippen LogP contribution is 2.25. The number of anilines is 1. The number of azide groups is 1. The van der Waals surface area contributed by atoms with Crippen molar-refractivity contribution < 1.29 is 5.11 Å². The quantitative estimate of drug-likeness (QED) is 0.348. The molecule has 0 saturated carbocycles. The molecule has 1 N–H and O–H groups in total. The van der Waals surface area contributed by atoms with E-state index in [0.717, 1.165) is 30.5 Å². The average molecular weight is 248 g/mol. The van der Waals surface area contributed by atoms with Crippen molar-refractivity contribution >= 4 is 5.69 Å². The van der Waals surface area contributed by atoms with E-state index < -0.39 is 0 Å². The Morgan fingerprint density at radius 3 is 2.44 bits per heavy atom. The Morgan fingerprint density at radius 2 is 1.94 bits per heavy atom. The molecule has 1 atom stereocenters. The van der Waals surface area contributed by atoms with E-state index >= 15 is 0 Å². The molecule has 18 heavy (non-hydrogen) atoms. The second-order valence-corrected chi connectivity index (χ2v) is 4.43. The number of aliphatic hydroxyl groups is 1. The molecular weight excluding hydrogens is 228 g/mol. The van der Waals surface area contributed by atoms with E-state index in [1.165, 1.54) is 0 Å². The molecular formula is C13H20N4O. The molecule has 5 heteroatoms. The Bertz CT molecular complexity index is 396. The second-order valence-electron chi connectivity index (χ2n) is 4.43. The summed E-state index contributed by atoms with van der Waals surface area (Å²) in [6, 6.07) is 7.88. The molecule has 0 spiro atoms. The van der Waals surface area contributed by atoms with Gasteiger partial charge in [-0.25, -0.2) is 0 Å². The maximum Gasteiger partial charge on any atom is 0.0625 e. The van der Waals surface area contributed by atoms with Gasteiger partial charge < -0.3 is 10.0 Å². The van der Waals surface area contributed by atoms with Crippen LogP contribution in [0.15, 0.2) is 29.4 Å². The van der Waals surface area contributed by atoms with Gasteiger partial charge in [0, 0.05) is 31.3 Å². The van der Waals surface area contributed by atoms with Gasteiger partial charge in [0.1, 0.15) is 0 Å². The summed E-state index contributed by atoms with van der Waals surface area (Å²) in [5.74, 6) is 0. The summed E-state index contributed by atoms with van der Waals surface area (Å²) in [6.45, 7) is 0.183. The summed E-state index contributed by atoms with van der Waals surface area (Å²) in [7, 11) is 3.97. The predicted octanol–water partition coefficient (Wildman–Crippen LogP) is 3.27. The molecule has 0 amide bonds. The van der Waals surface area contributed by atoms with Crippen LogP contribution in [0.4, 0.5) is 5.69 Å². The second kappa shape index (κ2) is 7.58. The summed E-state index contributed by atoms with van der Waals surface area (Å²) in [5, 5.41) is 12.6. The third-order valence-electron chi connectivity index (χ3n) is 2.87. The Hall–Kier alpha value is -1.71. The number of unbranched alkanes of at least 4 members (excludes halogenated alkanes) is 1. The zero-order chi connectivity index (χ0) is 13.4. The average Bonchev–Trinajstić information content (AvgIpc) is 2.38. The number of nitrogens with zero attached hydrogens (tertiary/aromatic N) is 4. The third-order valence-corrected chi connectivity index (χ3v) is 2.87. The maximum absolute atomic E-state index is 8.77. The zero-order valence-electron chi connectivity index (χ0n) is 11.0. The molecule has 1 aromatic rings. The first-order chi connectivity index (χ1) is 8.69. The van der Waals surface area contributed by atoms with Crippen LogP contribution in [0.5, 0.6) is 0 Å². The van der Waals surface area contributed by atoms with Crippen molar-refractivity contribution in [3.63, 3.8) is 0 Å². The van der Waals surface area contributed by atoms with Crippen LogP contribution in [0.2, 0.25) is 0 Å². The summed E-state index contributed by atoms with van der Waals surface area (Å²) in [6.07, 6.45) is 2.37. The maximum atomic E-state index is 8.77. The van der Waals surface area contributed by atoms with E-state index in [4.69, 9.17) is 10.6 Å². The van der Waals surface area contributed by atoms with Crippen LogP contribution in [-0.4, -0.2) is 25.8 Å². The molecule has 0 fully saturated rings. The van der Waals surface area contributed by atoms with Gasteiger partial charge in [-0.3, -0.25) is 0 Å². The summed E-state index contributed by atoms with van der Waals surface area (Å²) < 4.78 is 0. The Morgan fingerprint density at radius 1 is 1.28 bits per heavy atom. The number of hydrogen-bond acceptors (Lipinski definition) is 3. The van der Waals surface area contributed by atoms with Gasteiger partial charge in [-0.2, -0.15) is 0 Å². The zero-order valence-corrected chi connectivity index (χ0v) is 11.0. The fourth-order valence-corrected chi connectivity index (χ4v) is 1.80. The summed E-state index contributed by atoms with van der Waals surface area (Å²) >= 11 is 0. The molecule has 5 nitrogen and oxygen atoms in total. The lowest BCUT2D eigenvalue weighted by Crippen LogP contribution is -2.08. The van der Waals surface area contributed by atoms with Crippen molar-refractivity contribution in [3.05, 3.63) is 40.3 Å². The molecule has 0 saturated heterocycles. The summed E-state index contributed by atoms with van der Waals surface area (Å²) in [5.41, 5.74) is 10.7. The standard InChI is InChI=1S/C13H20N4O/c1-17(2)12-8-6-11(7-9-12)13(15-16-14)5-3-4-10-18/h6-9,13,18H,3-5,10H2,1-2H3. The van der Waals surface area contributed by atoms with Crippen LogP contribution in [0, 0.1) is 0 Å². The molecule has 1 unspecified atom stereocenters. The van der Waals surface area contributed by atoms with Gasteiger partial charge in [0.05, 0.1) is 6.04 Å². The van der Waals surface area contributed by atoms with Gasteiger partial charge in [-0.1, -0.05) is 23.7 Å². The highest BCUT2D eigenvalue weighted by atomic mass is 16.2. The van der Waals surface area contributed by atoms with Gasteiger partial charge in [-0.05, 0) is 36.1 Å². The highest BCUT2D eigenvalue weighted by Gasteiger charge is 2.09. The van der Waals surface area contributed by atoms with Crippen molar-refractivity contribution in [2.24, 2.45) is 5.11 Å². The lowest BCUT2D eigenvalue weighted by Gasteiger charge is -2.15. The minimum absolute atomic E-state index is 0.141. The Kier molecular flexibility index (Phi) is 6.05. The normalized spacial score (nSPS) is 11.7. The van der Waals surface area contributed by atoms with Crippen LogP contribution in [0.3, 0.4) is 0 Å². The van der Waals surface area contributed by atoms with Gasteiger partial charge in [0.2, 0.25) is 0 Å². The van der Waals surface area contributed by atoms with Crippen LogP contribution in [-0.2, 0) is 0 Å². The van der Waals surface area contributed by atoms with E-state index in [9.17, 15) is 0 Å². The van der Waals surface area contributed by atoms with Crippen molar-refractivity contribution in [1.29, 1.82) is 0 Å². The van der Waals surface area contributed by atoms with Crippen molar-refractivity contribution in [2.45, 2.75) is 25.3 Å². The minimum Gasteiger partial charge on any atom is -0.396 e. The topological polar surface area (TPSA) is 72.2 Å². The van der Waals surface area contributed by atoms with E-state index in [2.05, 4.69) is 10.0 Å². The highest BCUT2D eigenvalue weighted by molar-refractivity contribution is 5.46. The van der Waals surface area contributed by atoms with Crippen molar-refractivity contribution in [1.82, 2.24) is 0 Å². The van der Waals surface area contributed by atoms with E-state index in [1.54, 1.807) is 0 Å². The van der Waals surface area contributed by atoms with E-state index in [1.807, 2.05) is 43.3 Å². The number of hydrogen-bond donors (Lipinski definition) is 1. The van der Waals surface area contributed by atoms with Gasteiger partial charge in [0.15, 0.2) is 0 Å². The first-order valence-electron chi connectivity index (χ1n) is 6.11. The smallest absolute Gasteiger partial charge is 0.0625 e. The predicted molar refractivity (Wildman–Crippen MR) is 73.6 cm³/mol. The van der Waals surface area contributed by atoms with Crippen molar-refractivity contribution in [3.8, 4) is 0 Å². The molecule has 98 valence electrons. The third kappa shape index (κ3) is 4.28. The molecule has 0 aliphatic rings. The Balaban J connectivity index is 2.75.